The Morgan fingerprint density at radius 2 is 1.89 bits per heavy atom. The number of rotatable bonds is 6. The van der Waals surface area contributed by atoms with Crippen LogP contribution in [0.25, 0.3) is 0 Å². The normalized spacial score (nSPS) is 15.3. The third-order valence-corrected chi connectivity index (χ3v) is 4.73. The highest BCUT2D eigenvalue weighted by atomic mass is 16.5. The molecule has 0 radical (unpaired) electrons. The van der Waals surface area contributed by atoms with Crippen molar-refractivity contribution < 1.29 is 18.7 Å². The molecule has 1 aliphatic rings. The summed E-state index contributed by atoms with van der Waals surface area (Å²) in [5.74, 6) is 1.07. The smallest absolute Gasteiger partial charge is 0.287 e. The van der Waals surface area contributed by atoms with E-state index < -0.39 is 11.9 Å². The number of piperidine rings is 1. The Morgan fingerprint density at radius 3 is 2.63 bits per heavy atom. The highest BCUT2D eigenvalue weighted by molar-refractivity contribution is 5.95. The van der Waals surface area contributed by atoms with E-state index in [1.807, 2.05) is 36.1 Å². The number of furan rings is 1. The van der Waals surface area contributed by atoms with Crippen LogP contribution in [0.5, 0.6) is 5.75 Å². The van der Waals surface area contributed by atoms with Gasteiger partial charge in [-0.05, 0) is 56.9 Å². The second-order valence-corrected chi connectivity index (χ2v) is 6.90. The quantitative estimate of drug-likeness (QED) is 0.847. The number of ether oxygens (including phenoxy) is 1. The number of nitrogens with one attached hydrogen (secondary N) is 1. The molecule has 2 aromatic rings. The lowest BCUT2D eigenvalue weighted by Gasteiger charge is -2.29. The van der Waals surface area contributed by atoms with E-state index in [2.05, 4.69) is 5.32 Å². The molecule has 1 aromatic heterocycles. The summed E-state index contributed by atoms with van der Waals surface area (Å²) in [5.41, 5.74) is 1.03. The van der Waals surface area contributed by atoms with Crippen molar-refractivity contribution in [2.45, 2.75) is 45.8 Å². The maximum atomic E-state index is 12.4. The first-order valence-corrected chi connectivity index (χ1v) is 9.41. The topological polar surface area (TPSA) is 71.8 Å². The zero-order valence-electron chi connectivity index (χ0n) is 15.9. The Morgan fingerprint density at radius 1 is 1.15 bits per heavy atom. The van der Waals surface area contributed by atoms with Crippen LogP contribution in [0, 0.1) is 6.92 Å². The van der Waals surface area contributed by atoms with Crippen molar-refractivity contribution in [1.29, 1.82) is 0 Å². The van der Waals surface area contributed by atoms with E-state index >= 15 is 0 Å². The van der Waals surface area contributed by atoms with Gasteiger partial charge in [0.2, 0.25) is 5.91 Å². The van der Waals surface area contributed by atoms with Crippen LogP contribution in [0.1, 0.15) is 48.1 Å². The molecule has 0 unspecified atom stereocenters. The van der Waals surface area contributed by atoms with E-state index in [-0.39, 0.29) is 18.3 Å². The summed E-state index contributed by atoms with van der Waals surface area (Å²) in [6, 6.07) is 10.5. The maximum Gasteiger partial charge on any atom is 0.287 e. The van der Waals surface area contributed by atoms with Gasteiger partial charge < -0.3 is 19.4 Å². The van der Waals surface area contributed by atoms with Gasteiger partial charge in [0.1, 0.15) is 24.2 Å². The third-order valence-electron chi connectivity index (χ3n) is 4.73. The van der Waals surface area contributed by atoms with Crippen molar-refractivity contribution in [2.75, 3.05) is 13.1 Å². The average molecular weight is 370 g/mol. The SMILES string of the molecule is Cc1ccccc1OCc1ccc(C(=O)N[C@H](C)C(=O)N2CCCCC2)o1. The van der Waals surface area contributed by atoms with Crippen LogP contribution in [-0.2, 0) is 11.4 Å². The lowest BCUT2D eigenvalue weighted by atomic mass is 10.1. The molecular formula is C21H26N2O4. The largest absolute Gasteiger partial charge is 0.485 e. The van der Waals surface area contributed by atoms with Crippen LogP contribution in [0.15, 0.2) is 40.8 Å². The number of likely N-dealkylation sites (tertiary alicyclic amines) is 1. The molecule has 1 saturated heterocycles. The Labute approximate surface area is 159 Å². The van der Waals surface area contributed by atoms with Gasteiger partial charge in [-0.25, -0.2) is 0 Å². The number of carbonyl (C=O) groups is 2. The zero-order chi connectivity index (χ0) is 19.2. The van der Waals surface area contributed by atoms with Crippen molar-refractivity contribution in [3.05, 3.63) is 53.5 Å². The minimum atomic E-state index is -0.577. The minimum absolute atomic E-state index is 0.0438. The molecule has 1 N–H and O–H groups in total. The number of hydrogen-bond acceptors (Lipinski definition) is 4. The molecule has 1 atom stereocenters. The summed E-state index contributed by atoms with van der Waals surface area (Å²) in [4.78, 5) is 26.6. The van der Waals surface area contributed by atoms with Gasteiger partial charge in [0, 0.05) is 13.1 Å². The van der Waals surface area contributed by atoms with Gasteiger partial charge in [-0.3, -0.25) is 9.59 Å². The van der Waals surface area contributed by atoms with E-state index in [1.54, 1.807) is 19.1 Å². The third kappa shape index (κ3) is 4.90. The molecule has 6 heteroatoms. The summed E-state index contributed by atoms with van der Waals surface area (Å²) in [7, 11) is 0. The highest BCUT2D eigenvalue weighted by Crippen LogP contribution is 2.19. The lowest BCUT2D eigenvalue weighted by Crippen LogP contribution is -2.48. The number of hydrogen-bond donors (Lipinski definition) is 1. The van der Waals surface area contributed by atoms with Gasteiger partial charge in [-0.1, -0.05) is 18.2 Å². The maximum absolute atomic E-state index is 12.4. The predicted molar refractivity (Wildman–Crippen MR) is 102 cm³/mol. The summed E-state index contributed by atoms with van der Waals surface area (Å²) in [6.45, 7) is 5.44. The molecule has 0 spiro atoms. The fraction of sp³-hybridized carbons (Fsp3) is 0.429. The van der Waals surface area contributed by atoms with Gasteiger partial charge >= 0.3 is 0 Å². The molecule has 0 saturated carbocycles. The molecule has 6 nitrogen and oxygen atoms in total. The summed E-state index contributed by atoms with van der Waals surface area (Å²) in [6.07, 6.45) is 3.20. The first kappa shape index (κ1) is 19.0. The monoisotopic (exact) mass is 370 g/mol. The van der Waals surface area contributed by atoms with Crippen LogP contribution >= 0.6 is 0 Å². The molecule has 1 fully saturated rings. The predicted octanol–water partition coefficient (Wildman–Crippen LogP) is 3.30. The van der Waals surface area contributed by atoms with E-state index in [1.165, 1.54) is 0 Å². The van der Waals surface area contributed by atoms with Crippen LogP contribution in [0.4, 0.5) is 0 Å². The molecule has 2 heterocycles. The number of benzene rings is 1. The van der Waals surface area contributed by atoms with E-state index in [4.69, 9.17) is 9.15 Å². The van der Waals surface area contributed by atoms with Crippen molar-refractivity contribution >= 4 is 11.8 Å². The van der Waals surface area contributed by atoms with Gasteiger partial charge in [-0.15, -0.1) is 0 Å². The summed E-state index contributed by atoms with van der Waals surface area (Å²) >= 11 is 0. The number of nitrogens with zero attached hydrogens (tertiary/aromatic N) is 1. The first-order chi connectivity index (χ1) is 13.0. The molecule has 3 rings (SSSR count). The van der Waals surface area contributed by atoms with Crippen molar-refractivity contribution in [1.82, 2.24) is 10.2 Å². The molecule has 0 bridgehead atoms. The van der Waals surface area contributed by atoms with Crippen molar-refractivity contribution in [2.24, 2.45) is 0 Å². The first-order valence-electron chi connectivity index (χ1n) is 9.41. The van der Waals surface area contributed by atoms with E-state index in [0.29, 0.717) is 5.76 Å². The van der Waals surface area contributed by atoms with Gasteiger partial charge in [0.15, 0.2) is 5.76 Å². The minimum Gasteiger partial charge on any atom is -0.485 e. The highest BCUT2D eigenvalue weighted by Gasteiger charge is 2.24. The summed E-state index contributed by atoms with van der Waals surface area (Å²) < 4.78 is 11.3. The van der Waals surface area contributed by atoms with Gasteiger partial charge in [0.25, 0.3) is 5.91 Å². The van der Waals surface area contributed by atoms with Crippen molar-refractivity contribution in [3.8, 4) is 5.75 Å². The van der Waals surface area contributed by atoms with Crippen LogP contribution in [0.2, 0.25) is 0 Å². The van der Waals surface area contributed by atoms with Crippen LogP contribution in [0.3, 0.4) is 0 Å². The standard InChI is InChI=1S/C21H26N2O4/c1-15-8-4-5-9-18(15)26-14-17-10-11-19(27-17)20(24)22-16(2)21(25)23-12-6-3-7-13-23/h4-5,8-11,16H,3,6-7,12-14H2,1-2H3,(H,22,24)/t16-/m1/s1. The molecule has 144 valence electrons. The van der Waals surface area contributed by atoms with Crippen molar-refractivity contribution in [3.63, 3.8) is 0 Å². The Kier molecular flexibility index (Phi) is 6.16. The Hall–Kier alpha value is -2.76. The van der Waals surface area contributed by atoms with Crippen LogP contribution in [-0.4, -0.2) is 35.8 Å². The number of para-hydroxylation sites is 1. The number of carbonyl (C=O) groups excluding carboxylic acids is 2. The molecule has 1 aromatic carbocycles. The van der Waals surface area contributed by atoms with Gasteiger partial charge in [-0.2, -0.15) is 0 Å². The molecule has 0 aliphatic carbocycles. The van der Waals surface area contributed by atoms with E-state index in [0.717, 1.165) is 43.7 Å². The molecule has 1 aliphatic heterocycles. The molecule has 27 heavy (non-hydrogen) atoms. The fourth-order valence-corrected chi connectivity index (χ4v) is 3.16. The summed E-state index contributed by atoms with van der Waals surface area (Å²) in [5, 5.41) is 2.72. The molecular weight excluding hydrogens is 344 g/mol. The molecule has 2 amide bonds. The Balaban J connectivity index is 1.53. The second kappa shape index (κ2) is 8.75. The zero-order valence-corrected chi connectivity index (χ0v) is 15.9. The average Bonchev–Trinajstić information content (AvgIpc) is 3.16. The van der Waals surface area contributed by atoms with E-state index in [9.17, 15) is 9.59 Å². The Bertz CT molecular complexity index is 793. The lowest BCUT2D eigenvalue weighted by molar-refractivity contribution is -0.133. The van der Waals surface area contributed by atoms with Crippen LogP contribution < -0.4 is 10.1 Å². The fourth-order valence-electron chi connectivity index (χ4n) is 3.16. The number of amides is 2. The number of aryl methyl sites for hydroxylation is 1. The van der Waals surface area contributed by atoms with Gasteiger partial charge in [0.05, 0.1) is 0 Å². The second-order valence-electron chi connectivity index (χ2n) is 6.90.